The fourth-order valence-corrected chi connectivity index (χ4v) is 5.68. The highest BCUT2D eigenvalue weighted by molar-refractivity contribution is 7.92. The Bertz CT molecular complexity index is 696. The van der Waals surface area contributed by atoms with Crippen LogP contribution < -0.4 is 0 Å². The predicted molar refractivity (Wildman–Crippen MR) is 82.6 cm³/mol. The third-order valence-electron chi connectivity index (χ3n) is 4.48. The summed E-state index contributed by atoms with van der Waals surface area (Å²) in [5.41, 5.74) is 0.0153. The number of hydrogen-bond donors (Lipinski definition) is 0. The van der Waals surface area contributed by atoms with Crippen LogP contribution in [0.3, 0.4) is 0 Å². The van der Waals surface area contributed by atoms with Crippen molar-refractivity contribution in [2.75, 3.05) is 31.1 Å². The van der Waals surface area contributed by atoms with Crippen LogP contribution in [0.5, 0.6) is 0 Å². The normalized spacial score (nSPS) is 23.4. The van der Waals surface area contributed by atoms with Gasteiger partial charge < -0.3 is 0 Å². The van der Waals surface area contributed by atoms with E-state index < -0.39 is 21.6 Å². The molecule has 0 bridgehead atoms. The van der Waals surface area contributed by atoms with Crippen molar-refractivity contribution < 1.29 is 21.6 Å². The number of rotatable bonds is 3. The molecule has 2 saturated heterocycles. The minimum atomic E-state index is -4.31. The molecule has 2 heterocycles. The molecule has 2 aliphatic heterocycles. The van der Waals surface area contributed by atoms with Gasteiger partial charge in [0.25, 0.3) is 0 Å². The second-order valence-corrected chi connectivity index (χ2v) is 8.60. The summed E-state index contributed by atoms with van der Waals surface area (Å²) < 4.78 is 60.1. The monoisotopic (exact) mass is 345 g/mol. The first kappa shape index (κ1) is 16.5. The molecule has 7 heteroatoms. The lowest BCUT2D eigenvalue weighted by atomic mass is 9.91. The number of nitrogens with zero attached hydrogens (tertiary/aromatic N) is 1. The highest BCUT2D eigenvalue weighted by Crippen LogP contribution is 2.41. The molecule has 1 spiro atoms. The zero-order valence-electron chi connectivity index (χ0n) is 12.5. The van der Waals surface area contributed by atoms with E-state index in [1.807, 2.05) is 6.08 Å². The summed E-state index contributed by atoms with van der Waals surface area (Å²) >= 11 is 0. The van der Waals surface area contributed by atoms with Crippen LogP contribution in [0, 0.1) is 5.41 Å². The maximum Gasteiger partial charge on any atom is 0.416 e. The lowest BCUT2D eigenvalue weighted by Gasteiger charge is -2.37. The molecular formula is C16H18F3NO2S. The number of sulfone groups is 1. The molecule has 0 aliphatic carbocycles. The summed E-state index contributed by atoms with van der Waals surface area (Å²) in [5, 5.41) is 0. The standard InChI is InChI=1S/C16H18F3NO2S/c17-16(18,19)14-5-3-13(4-6-14)2-1-8-20-9-7-15(10-20)11-23(21,22)12-15/h1-6H,7-12H2/b2-1+. The van der Waals surface area contributed by atoms with Crippen molar-refractivity contribution in [1.82, 2.24) is 4.90 Å². The van der Waals surface area contributed by atoms with Gasteiger partial charge in [0.2, 0.25) is 0 Å². The van der Waals surface area contributed by atoms with Crippen molar-refractivity contribution in [2.45, 2.75) is 12.6 Å². The fraction of sp³-hybridized carbons (Fsp3) is 0.500. The average Bonchev–Trinajstić information content (AvgIpc) is 2.80. The molecule has 0 unspecified atom stereocenters. The van der Waals surface area contributed by atoms with Crippen molar-refractivity contribution >= 4 is 15.9 Å². The Balaban J connectivity index is 1.52. The molecule has 126 valence electrons. The second-order valence-electron chi connectivity index (χ2n) is 6.54. The van der Waals surface area contributed by atoms with Gasteiger partial charge in [0, 0.05) is 18.5 Å². The first-order chi connectivity index (χ1) is 10.7. The third kappa shape index (κ3) is 3.77. The molecule has 0 radical (unpaired) electrons. The smallest absolute Gasteiger partial charge is 0.299 e. The highest BCUT2D eigenvalue weighted by Gasteiger charge is 2.51. The Hall–Kier alpha value is -1.34. The molecule has 0 N–H and O–H groups in total. The molecule has 1 aromatic carbocycles. The first-order valence-corrected chi connectivity index (χ1v) is 9.26. The van der Waals surface area contributed by atoms with Gasteiger partial charge in [-0.1, -0.05) is 24.3 Å². The molecule has 0 amide bonds. The average molecular weight is 345 g/mol. The van der Waals surface area contributed by atoms with E-state index in [1.54, 1.807) is 6.08 Å². The Morgan fingerprint density at radius 3 is 2.39 bits per heavy atom. The van der Waals surface area contributed by atoms with E-state index in [4.69, 9.17) is 0 Å². The maximum atomic E-state index is 12.5. The Morgan fingerprint density at radius 1 is 1.17 bits per heavy atom. The minimum Gasteiger partial charge on any atom is -0.299 e. The van der Waals surface area contributed by atoms with Gasteiger partial charge >= 0.3 is 6.18 Å². The van der Waals surface area contributed by atoms with E-state index in [0.717, 1.165) is 37.2 Å². The zero-order chi connectivity index (χ0) is 16.7. The van der Waals surface area contributed by atoms with Gasteiger partial charge in [-0.15, -0.1) is 0 Å². The molecule has 0 atom stereocenters. The Kier molecular flexibility index (Phi) is 4.04. The van der Waals surface area contributed by atoms with Crippen LogP contribution in [0.15, 0.2) is 30.3 Å². The van der Waals surface area contributed by atoms with Gasteiger partial charge in [-0.25, -0.2) is 8.42 Å². The van der Waals surface area contributed by atoms with Crippen molar-refractivity contribution in [1.29, 1.82) is 0 Å². The lowest BCUT2D eigenvalue weighted by Crippen LogP contribution is -2.50. The van der Waals surface area contributed by atoms with Crippen LogP contribution in [-0.4, -0.2) is 44.5 Å². The van der Waals surface area contributed by atoms with Crippen molar-refractivity contribution in [3.63, 3.8) is 0 Å². The van der Waals surface area contributed by atoms with Gasteiger partial charge in [-0.2, -0.15) is 13.2 Å². The van der Waals surface area contributed by atoms with Gasteiger partial charge in [-0.05, 0) is 30.7 Å². The van der Waals surface area contributed by atoms with E-state index >= 15 is 0 Å². The van der Waals surface area contributed by atoms with E-state index in [0.29, 0.717) is 18.1 Å². The minimum absolute atomic E-state index is 0.0545. The van der Waals surface area contributed by atoms with E-state index in [2.05, 4.69) is 4.90 Å². The molecule has 1 aromatic rings. The SMILES string of the molecule is O=S1(=O)CC2(CCN(C/C=C/c3ccc(C(F)(F)F)cc3)C2)C1. The first-order valence-electron chi connectivity index (χ1n) is 7.44. The third-order valence-corrected chi connectivity index (χ3v) is 6.59. The number of halogens is 3. The Labute approximate surface area is 133 Å². The van der Waals surface area contributed by atoms with Gasteiger partial charge in [0.05, 0.1) is 17.1 Å². The van der Waals surface area contributed by atoms with Gasteiger partial charge in [0.15, 0.2) is 9.84 Å². The lowest BCUT2D eigenvalue weighted by molar-refractivity contribution is -0.137. The summed E-state index contributed by atoms with van der Waals surface area (Å²) in [6.07, 6.45) is 0.299. The second kappa shape index (κ2) is 5.63. The van der Waals surface area contributed by atoms with Crippen LogP contribution in [0.25, 0.3) is 6.08 Å². The topological polar surface area (TPSA) is 37.4 Å². The van der Waals surface area contributed by atoms with Crippen molar-refractivity contribution in [2.24, 2.45) is 5.41 Å². The van der Waals surface area contributed by atoms with Crippen molar-refractivity contribution in [3.05, 3.63) is 41.5 Å². The summed E-state index contributed by atoms with van der Waals surface area (Å²) in [7, 11) is -2.81. The van der Waals surface area contributed by atoms with Crippen LogP contribution in [0.4, 0.5) is 13.2 Å². The quantitative estimate of drug-likeness (QED) is 0.845. The van der Waals surface area contributed by atoms with Crippen LogP contribution >= 0.6 is 0 Å². The molecule has 23 heavy (non-hydrogen) atoms. The van der Waals surface area contributed by atoms with Crippen LogP contribution in [0.1, 0.15) is 17.5 Å². The van der Waals surface area contributed by atoms with E-state index in [9.17, 15) is 21.6 Å². The number of hydrogen-bond acceptors (Lipinski definition) is 3. The molecule has 0 saturated carbocycles. The highest BCUT2D eigenvalue weighted by atomic mass is 32.2. The molecule has 2 aliphatic rings. The van der Waals surface area contributed by atoms with E-state index in [1.165, 1.54) is 12.1 Å². The maximum absolute atomic E-state index is 12.5. The number of benzene rings is 1. The fourth-order valence-electron chi connectivity index (χ4n) is 3.43. The molecule has 3 rings (SSSR count). The summed E-state index contributed by atoms with van der Waals surface area (Å²) in [4.78, 5) is 2.19. The molecule has 0 aromatic heterocycles. The van der Waals surface area contributed by atoms with Crippen molar-refractivity contribution in [3.8, 4) is 0 Å². The van der Waals surface area contributed by atoms with Gasteiger partial charge in [0.1, 0.15) is 0 Å². The summed E-state index contributed by atoms with van der Waals surface area (Å²) in [5.74, 6) is 0.582. The number of likely N-dealkylation sites (tertiary alicyclic amines) is 1. The van der Waals surface area contributed by atoms with E-state index in [-0.39, 0.29) is 5.41 Å². The Morgan fingerprint density at radius 2 is 1.83 bits per heavy atom. The molecule has 3 nitrogen and oxygen atoms in total. The zero-order valence-corrected chi connectivity index (χ0v) is 13.3. The van der Waals surface area contributed by atoms with Crippen LogP contribution in [0.2, 0.25) is 0 Å². The molecule has 2 fully saturated rings. The van der Waals surface area contributed by atoms with Gasteiger partial charge in [-0.3, -0.25) is 4.90 Å². The number of alkyl halides is 3. The largest absolute Gasteiger partial charge is 0.416 e. The summed E-state index contributed by atoms with van der Waals surface area (Å²) in [6, 6.07) is 5.04. The van der Waals surface area contributed by atoms with Crippen LogP contribution in [-0.2, 0) is 16.0 Å². The summed E-state index contributed by atoms with van der Waals surface area (Å²) in [6.45, 7) is 2.33. The molecular weight excluding hydrogens is 327 g/mol. The predicted octanol–water partition coefficient (Wildman–Crippen LogP) is 2.84.